The topological polar surface area (TPSA) is 45.7 Å². The quantitative estimate of drug-likeness (QED) is 0.808. The third-order valence-corrected chi connectivity index (χ3v) is 3.59. The van der Waals surface area contributed by atoms with Crippen LogP contribution in [-0.2, 0) is 0 Å². The molecule has 5 nitrogen and oxygen atoms in total. The normalized spacial score (nSPS) is 15.5. The largest absolute Gasteiger partial charge is 0.438 e. The van der Waals surface area contributed by atoms with Crippen molar-refractivity contribution in [3.63, 3.8) is 0 Å². The van der Waals surface area contributed by atoms with Crippen LogP contribution in [0.3, 0.4) is 0 Å². The second-order valence-electron chi connectivity index (χ2n) is 5.23. The predicted molar refractivity (Wildman–Crippen MR) is 79.4 cm³/mol. The highest BCUT2D eigenvalue weighted by molar-refractivity contribution is 5.75. The van der Waals surface area contributed by atoms with E-state index in [4.69, 9.17) is 4.74 Å². The molecule has 2 amide bonds. The number of para-hydroxylation sites is 1. The summed E-state index contributed by atoms with van der Waals surface area (Å²) in [6.07, 6.45) is 1.69. The number of ether oxygens (including phenoxy) is 1. The molecule has 1 aromatic heterocycles. The number of carbonyl (C=O) groups is 1. The van der Waals surface area contributed by atoms with Crippen molar-refractivity contribution in [2.45, 2.75) is 6.04 Å². The van der Waals surface area contributed by atoms with Crippen LogP contribution < -0.4 is 4.74 Å². The van der Waals surface area contributed by atoms with E-state index in [1.54, 1.807) is 37.1 Å². The zero-order valence-electron chi connectivity index (χ0n) is 12.3. The molecule has 3 rings (SSSR count). The molecule has 5 heteroatoms. The van der Waals surface area contributed by atoms with Crippen LogP contribution in [0.1, 0.15) is 17.2 Å². The maximum absolute atomic E-state index is 12.4. The van der Waals surface area contributed by atoms with Crippen molar-refractivity contribution in [1.29, 1.82) is 0 Å². The predicted octanol–water partition coefficient (Wildman–Crippen LogP) is 2.89. The van der Waals surface area contributed by atoms with Crippen LogP contribution in [0.5, 0.6) is 11.6 Å². The van der Waals surface area contributed by atoms with Gasteiger partial charge in [-0.2, -0.15) is 0 Å². The summed E-state index contributed by atoms with van der Waals surface area (Å²) >= 11 is 0. The fourth-order valence-corrected chi connectivity index (χ4v) is 2.61. The lowest BCUT2D eigenvalue weighted by atomic mass is 9.95. The number of pyridine rings is 1. The summed E-state index contributed by atoms with van der Waals surface area (Å²) in [6.45, 7) is 0. The first-order valence-corrected chi connectivity index (χ1v) is 6.75. The Balaban J connectivity index is 2.13. The summed E-state index contributed by atoms with van der Waals surface area (Å²) in [6, 6.07) is 11.3. The maximum Gasteiger partial charge on any atom is 0.320 e. The Kier molecular flexibility index (Phi) is 3.25. The summed E-state index contributed by atoms with van der Waals surface area (Å²) in [5, 5.41) is 0. The van der Waals surface area contributed by atoms with E-state index < -0.39 is 0 Å². The van der Waals surface area contributed by atoms with E-state index in [9.17, 15) is 4.79 Å². The molecule has 1 unspecified atom stereocenters. The first kappa shape index (κ1) is 13.4. The zero-order valence-corrected chi connectivity index (χ0v) is 12.3. The van der Waals surface area contributed by atoms with E-state index in [2.05, 4.69) is 4.98 Å². The smallest absolute Gasteiger partial charge is 0.320 e. The summed E-state index contributed by atoms with van der Waals surface area (Å²) in [5.74, 6) is 1.30. The van der Waals surface area contributed by atoms with Crippen molar-refractivity contribution in [3.8, 4) is 11.6 Å². The minimum atomic E-state index is -0.200. The summed E-state index contributed by atoms with van der Waals surface area (Å²) in [7, 11) is 5.29. The number of rotatable bonds is 1. The van der Waals surface area contributed by atoms with E-state index in [1.807, 2.05) is 36.4 Å². The highest BCUT2D eigenvalue weighted by Crippen LogP contribution is 2.44. The molecule has 1 aliphatic rings. The Bertz CT molecular complexity index is 639. The molecule has 1 aromatic carbocycles. The molecule has 0 aliphatic carbocycles. The fraction of sp³-hybridized carbons (Fsp3) is 0.250. The van der Waals surface area contributed by atoms with Crippen molar-refractivity contribution >= 4 is 6.03 Å². The molecular formula is C16H17N3O2. The van der Waals surface area contributed by atoms with Gasteiger partial charge in [-0.15, -0.1) is 0 Å². The van der Waals surface area contributed by atoms with Crippen LogP contribution in [-0.4, -0.2) is 42.0 Å². The number of fused-ring (bicyclic) bond motifs is 2. The van der Waals surface area contributed by atoms with Crippen molar-refractivity contribution < 1.29 is 9.53 Å². The van der Waals surface area contributed by atoms with E-state index in [-0.39, 0.29) is 12.1 Å². The number of benzene rings is 1. The number of hydrogen-bond acceptors (Lipinski definition) is 3. The average molecular weight is 283 g/mol. The molecule has 0 N–H and O–H groups in total. The average Bonchev–Trinajstić information content (AvgIpc) is 2.51. The molecular weight excluding hydrogens is 266 g/mol. The molecule has 2 heterocycles. The lowest BCUT2D eigenvalue weighted by molar-refractivity contribution is 0.168. The number of nitrogens with zero attached hydrogens (tertiary/aromatic N) is 3. The fourth-order valence-electron chi connectivity index (χ4n) is 2.61. The van der Waals surface area contributed by atoms with Crippen LogP contribution >= 0.6 is 0 Å². The maximum atomic E-state index is 12.4. The molecule has 108 valence electrons. The van der Waals surface area contributed by atoms with Gasteiger partial charge in [-0.25, -0.2) is 9.78 Å². The van der Waals surface area contributed by atoms with Gasteiger partial charge in [-0.1, -0.05) is 18.2 Å². The number of urea groups is 1. The van der Waals surface area contributed by atoms with E-state index in [0.29, 0.717) is 5.88 Å². The van der Waals surface area contributed by atoms with E-state index in [0.717, 1.165) is 16.9 Å². The minimum absolute atomic E-state index is 0.0634. The Morgan fingerprint density at radius 1 is 1.10 bits per heavy atom. The molecule has 0 bridgehead atoms. The van der Waals surface area contributed by atoms with Gasteiger partial charge in [-0.3, -0.25) is 0 Å². The molecule has 0 radical (unpaired) electrons. The van der Waals surface area contributed by atoms with E-state index >= 15 is 0 Å². The van der Waals surface area contributed by atoms with Crippen molar-refractivity contribution in [2.75, 3.05) is 21.1 Å². The van der Waals surface area contributed by atoms with Crippen molar-refractivity contribution in [2.24, 2.45) is 0 Å². The lowest BCUT2D eigenvalue weighted by Crippen LogP contribution is -2.40. The Hall–Kier alpha value is -2.56. The van der Waals surface area contributed by atoms with Gasteiger partial charge >= 0.3 is 6.03 Å². The summed E-state index contributed by atoms with van der Waals surface area (Å²) in [5.41, 5.74) is 1.87. The molecule has 0 saturated heterocycles. The Morgan fingerprint density at radius 3 is 2.57 bits per heavy atom. The van der Waals surface area contributed by atoms with Gasteiger partial charge in [0.25, 0.3) is 0 Å². The van der Waals surface area contributed by atoms with Gasteiger partial charge in [0.05, 0.1) is 6.04 Å². The first-order chi connectivity index (χ1) is 10.1. The van der Waals surface area contributed by atoms with Gasteiger partial charge in [0, 0.05) is 38.5 Å². The SMILES string of the molecule is CN(C)C(=O)N(C)C1c2ccccc2Oc2ncccc21. The Labute approximate surface area is 123 Å². The standard InChI is InChI=1S/C16H17N3O2/c1-18(2)16(20)19(3)14-11-7-4-5-9-13(11)21-15-12(14)8-6-10-17-15/h4-10,14H,1-3H3. The first-order valence-electron chi connectivity index (χ1n) is 6.75. The highest BCUT2D eigenvalue weighted by atomic mass is 16.5. The lowest BCUT2D eigenvalue weighted by Gasteiger charge is -2.35. The van der Waals surface area contributed by atoms with Crippen molar-refractivity contribution in [3.05, 3.63) is 53.7 Å². The summed E-state index contributed by atoms with van der Waals surface area (Å²) in [4.78, 5) is 19.9. The highest BCUT2D eigenvalue weighted by Gasteiger charge is 2.33. The van der Waals surface area contributed by atoms with Crippen LogP contribution in [0.2, 0.25) is 0 Å². The van der Waals surface area contributed by atoms with Gasteiger partial charge in [0.2, 0.25) is 5.88 Å². The molecule has 1 aliphatic heterocycles. The molecule has 0 saturated carbocycles. The van der Waals surface area contributed by atoms with Gasteiger partial charge in [0.15, 0.2) is 0 Å². The van der Waals surface area contributed by atoms with Crippen LogP contribution in [0.25, 0.3) is 0 Å². The Morgan fingerprint density at radius 2 is 1.81 bits per heavy atom. The second kappa shape index (κ2) is 5.09. The van der Waals surface area contributed by atoms with Gasteiger partial charge in [-0.05, 0) is 18.2 Å². The van der Waals surface area contributed by atoms with E-state index in [1.165, 1.54) is 0 Å². The van der Waals surface area contributed by atoms with Crippen LogP contribution in [0, 0.1) is 0 Å². The number of hydrogen-bond donors (Lipinski definition) is 0. The third-order valence-electron chi connectivity index (χ3n) is 3.59. The zero-order chi connectivity index (χ0) is 15.0. The molecule has 2 aromatic rings. The molecule has 0 spiro atoms. The monoisotopic (exact) mass is 283 g/mol. The number of amides is 2. The van der Waals surface area contributed by atoms with Crippen molar-refractivity contribution in [1.82, 2.24) is 14.8 Å². The third kappa shape index (κ3) is 2.20. The number of carbonyl (C=O) groups excluding carboxylic acids is 1. The van der Waals surface area contributed by atoms with Gasteiger partial charge < -0.3 is 14.5 Å². The molecule has 0 fully saturated rings. The number of aromatic nitrogens is 1. The van der Waals surface area contributed by atoms with Crippen LogP contribution in [0.15, 0.2) is 42.6 Å². The van der Waals surface area contributed by atoms with Crippen LogP contribution in [0.4, 0.5) is 4.79 Å². The molecule has 21 heavy (non-hydrogen) atoms. The van der Waals surface area contributed by atoms with Gasteiger partial charge in [0.1, 0.15) is 5.75 Å². The summed E-state index contributed by atoms with van der Waals surface area (Å²) < 4.78 is 5.84. The second-order valence-corrected chi connectivity index (χ2v) is 5.23. The molecule has 1 atom stereocenters. The minimum Gasteiger partial charge on any atom is -0.438 e.